The first-order valence-corrected chi connectivity index (χ1v) is 7.35. The van der Waals surface area contributed by atoms with Crippen LogP contribution in [-0.2, 0) is 11.2 Å². The number of nitrogens with zero attached hydrogens (tertiary/aromatic N) is 1. The molecular weight excluding hydrogens is 264 g/mol. The van der Waals surface area contributed by atoms with Crippen LogP contribution in [-0.4, -0.2) is 44.1 Å². The van der Waals surface area contributed by atoms with Crippen molar-refractivity contribution in [2.24, 2.45) is 0 Å². The van der Waals surface area contributed by atoms with Gasteiger partial charge in [0.15, 0.2) is 0 Å². The highest BCUT2D eigenvalue weighted by molar-refractivity contribution is 5.78. The average molecular weight is 286 g/mol. The molecule has 1 N–H and O–H groups in total. The third-order valence-electron chi connectivity index (χ3n) is 3.50. The van der Waals surface area contributed by atoms with Crippen molar-refractivity contribution in [1.29, 1.82) is 0 Å². The molecule has 0 aliphatic carbocycles. The number of rotatable bonds is 5. The Balaban J connectivity index is 1.68. The van der Waals surface area contributed by atoms with Gasteiger partial charge in [0.25, 0.3) is 0 Å². The normalized spacial score (nSPS) is 14.3. The summed E-state index contributed by atoms with van der Waals surface area (Å²) >= 11 is 0. The molecule has 1 saturated heterocycles. The van der Waals surface area contributed by atoms with E-state index < -0.39 is 0 Å². The van der Waals surface area contributed by atoms with Crippen LogP contribution in [0, 0.1) is 11.8 Å². The monoisotopic (exact) mass is 286 g/mol. The van der Waals surface area contributed by atoms with E-state index in [1.54, 1.807) is 7.11 Å². The van der Waals surface area contributed by atoms with Crippen molar-refractivity contribution in [1.82, 2.24) is 10.2 Å². The highest BCUT2D eigenvalue weighted by Crippen LogP contribution is 2.12. The Morgan fingerprint density at radius 2 is 2.14 bits per heavy atom. The molecule has 2 rings (SSSR count). The molecule has 0 bridgehead atoms. The number of ether oxygens (including phenoxy) is 1. The fourth-order valence-electron chi connectivity index (χ4n) is 2.34. The first-order chi connectivity index (χ1) is 10.3. The largest absolute Gasteiger partial charge is 0.497 e. The number of carbonyl (C=O) groups is 1. The Morgan fingerprint density at radius 3 is 2.90 bits per heavy atom. The molecule has 0 spiro atoms. The van der Waals surface area contributed by atoms with Gasteiger partial charge < -0.3 is 10.1 Å². The first-order valence-electron chi connectivity index (χ1n) is 7.35. The highest BCUT2D eigenvalue weighted by atomic mass is 16.5. The lowest BCUT2D eigenvalue weighted by Crippen LogP contribution is -2.25. The summed E-state index contributed by atoms with van der Waals surface area (Å²) in [6.07, 6.45) is 2.91. The molecule has 1 aromatic rings. The van der Waals surface area contributed by atoms with Crippen molar-refractivity contribution < 1.29 is 9.53 Å². The van der Waals surface area contributed by atoms with Crippen LogP contribution in [0.15, 0.2) is 24.3 Å². The summed E-state index contributed by atoms with van der Waals surface area (Å²) in [5.41, 5.74) is 0.942. The second-order valence-electron chi connectivity index (χ2n) is 5.14. The minimum atomic E-state index is -0.0151. The van der Waals surface area contributed by atoms with Crippen LogP contribution in [0.1, 0.15) is 18.4 Å². The molecule has 0 atom stereocenters. The number of nitrogens with one attached hydrogen (secondary N) is 1. The molecule has 1 aliphatic rings. The summed E-state index contributed by atoms with van der Waals surface area (Å²) in [5.74, 6) is 6.86. The molecule has 0 unspecified atom stereocenters. The van der Waals surface area contributed by atoms with Crippen LogP contribution in [0.5, 0.6) is 5.75 Å². The zero-order valence-electron chi connectivity index (χ0n) is 12.5. The summed E-state index contributed by atoms with van der Waals surface area (Å²) in [7, 11) is 1.62. The van der Waals surface area contributed by atoms with Crippen LogP contribution in [0.25, 0.3) is 0 Å². The van der Waals surface area contributed by atoms with Gasteiger partial charge in [-0.25, -0.2) is 0 Å². The molecule has 4 heteroatoms. The SMILES string of the molecule is COc1cccc(CC(=O)NCC#CCN2CCCC2)c1. The van der Waals surface area contributed by atoms with Crippen molar-refractivity contribution >= 4 is 5.91 Å². The number of benzene rings is 1. The Hall–Kier alpha value is -1.99. The quantitative estimate of drug-likeness (QED) is 0.833. The van der Waals surface area contributed by atoms with Crippen LogP contribution in [0.4, 0.5) is 0 Å². The van der Waals surface area contributed by atoms with E-state index in [1.807, 2.05) is 24.3 Å². The van der Waals surface area contributed by atoms with E-state index in [0.29, 0.717) is 13.0 Å². The van der Waals surface area contributed by atoms with E-state index in [1.165, 1.54) is 12.8 Å². The first kappa shape index (κ1) is 15.4. The summed E-state index contributed by atoms with van der Waals surface area (Å²) in [4.78, 5) is 14.1. The van der Waals surface area contributed by atoms with E-state index in [4.69, 9.17) is 4.74 Å². The Morgan fingerprint density at radius 1 is 1.33 bits per heavy atom. The molecule has 0 radical (unpaired) electrons. The zero-order valence-corrected chi connectivity index (χ0v) is 12.5. The number of likely N-dealkylation sites (tertiary alicyclic amines) is 1. The molecule has 1 fully saturated rings. The summed E-state index contributed by atoms with van der Waals surface area (Å²) < 4.78 is 5.14. The number of amides is 1. The van der Waals surface area contributed by atoms with Crippen molar-refractivity contribution in [2.75, 3.05) is 33.3 Å². The molecule has 1 heterocycles. The van der Waals surface area contributed by atoms with E-state index in [2.05, 4.69) is 22.1 Å². The van der Waals surface area contributed by atoms with Gasteiger partial charge in [0.2, 0.25) is 5.91 Å². The van der Waals surface area contributed by atoms with Gasteiger partial charge in [-0.15, -0.1) is 0 Å². The third-order valence-corrected chi connectivity index (χ3v) is 3.50. The van der Waals surface area contributed by atoms with Crippen LogP contribution in [0.3, 0.4) is 0 Å². The molecular formula is C17H22N2O2. The minimum absolute atomic E-state index is 0.0151. The van der Waals surface area contributed by atoms with Gasteiger partial charge in [-0.1, -0.05) is 24.0 Å². The van der Waals surface area contributed by atoms with E-state index >= 15 is 0 Å². The predicted molar refractivity (Wildman–Crippen MR) is 83.2 cm³/mol. The lowest BCUT2D eigenvalue weighted by molar-refractivity contribution is -0.120. The van der Waals surface area contributed by atoms with Gasteiger partial charge in [-0.05, 0) is 43.6 Å². The topological polar surface area (TPSA) is 41.6 Å². The van der Waals surface area contributed by atoms with Crippen LogP contribution < -0.4 is 10.1 Å². The summed E-state index contributed by atoms with van der Waals surface area (Å²) in [5, 5.41) is 2.82. The van der Waals surface area contributed by atoms with Crippen LogP contribution in [0.2, 0.25) is 0 Å². The predicted octanol–water partition coefficient (Wildman–Crippen LogP) is 1.45. The number of methoxy groups -OCH3 is 1. The Kier molecular flexibility index (Phi) is 6.11. The lowest BCUT2D eigenvalue weighted by Gasteiger charge is -2.08. The number of carbonyl (C=O) groups excluding carboxylic acids is 1. The number of hydrogen-bond acceptors (Lipinski definition) is 3. The van der Waals surface area contributed by atoms with E-state index in [-0.39, 0.29) is 5.91 Å². The lowest BCUT2D eigenvalue weighted by atomic mass is 10.1. The molecule has 4 nitrogen and oxygen atoms in total. The molecule has 1 aromatic carbocycles. The van der Waals surface area contributed by atoms with Gasteiger partial charge >= 0.3 is 0 Å². The van der Waals surface area contributed by atoms with Crippen molar-refractivity contribution in [3.8, 4) is 17.6 Å². The van der Waals surface area contributed by atoms with E-state index in [0.717, 1.165) is 30.9 Å². The van der Waals surface area contributed by atoms with Gasteiger partial charge in [0, 0.05) is 0 Å². The summed E-state index contributed by atoms with van der Waals surface area (Å²) in [6, 6.07) is 7.54. The molecule has 1 amide bonds. The van der Waals surface area contributed by atoms with Crippen molar-refractivity contribution in [3.05, 3.63) is 29.8 Å². The second kappa shape index (κ2) is 8.33. The fraction of sp³-hybridized carbons (Fsp3) is 0.471. The van der Waals surface area contributed by atoms with E-state index in [9.17, 15) is 4.79 Å². The molecule has 0 aromatic heterocycles. The standard InChI is InChI=1S/C17H22N2O2/c1-21-16-8-6-7-15(13-16)14-17(20)18-9-2-3-10-19-11-4-5-12-19/h6-8,13H,4-5,9-12,14H2,1H3,(H,18,20). The minimum Gasteiger partial charge on any atom is -0.497 e. The molecule has 21 heavy (non-hydrogen) atoms. The average Bonchev–Trinajstić information content (AvgIpc) is 3.00. The third kappa shape index (κ3) is 5.49. The zero-order chi connectivity index (χ0) is 14.9. The maximum Gasteiger partial charge on any atom is 0.225 e. The van der Waals surface area contributed by atoms with Crippen molar-refractivity contribution in [3.63, 3.8) is 0 Å². The van der Waals surface area contributed by atoms with Crippen molar-refractivity contribution in [2.45, 2.75) is 19.3 Å². The highest BCUT2D eigenvalue weighted by Gasteiger charge is 2.08. The summed E-state index contributed by atoms with van der Waals surface area (Å²) in [6.45, 7) is 3.52. The van der Waals surface area contributed by atoms with Gasteiger partial charge in [0.05, 0.1) is 26.6 Å². The molecule has 112 valence electrons. The number of hydrogen-bond donors (Lipinski definition) is 1. The second-order valence-corrected chi connectivity index (χ2v) is 5.14. The molecule has 0 saturated carbocycles. The van der Waals surface area contributed by atoms with Gasteiger partial charge in [0.1, 0.15) is 5.75 Å². The van der Waals surface area contributed by atoms with Crippen LogP contribution >= 0.6 is 0 Å². The maximum absolute atomic E-state index is 11.8. The fourth-order valence-corrected chi connectivity index (χ4v) is 2.34. The smallest absolute Gasteiger partial charge is 0.225 e. The Bertz CT molecular complexity index is 525. The maximum atomic E-state index is 11.8. The van der Waals surface area contributed by atoms with Gasteiger partial charge in [-0.2, -0.15) is 0 Å². The molecule has 1 aliphatic heterocycles. The van der Waals surface area contributed by atoms with Gasteiger partial charge in [-0.3, -0.25) is 9.69 Å². The Labute approximate surface area is 126 Å².